The summed E-state index contributed by atoms with van der Waals surface area (Å²) in [6.45, 7) is 8.03. The van der Waals surface area contributed by atoms with Gasteiger partial charge in [0.15, 0.2) is 0 Å². The molecule has 6 nitrogen and oxygen atoms in total. The number of aryl methyl sites for hydroxylation is 1. The third-order valence-corrected chi connectivity index (χ3v) is 4.42. The van der Waals surface area contributed by atoms with Crippen molar-refractivity contribution in [1.29, 1.82) is 0 Å². The lowest BCUT2D eigenvalue weighted by molar-refractivity contribution is -0.135. The molecule has 2 heterocycles. The SMILES string of the molecule is C=CNc1scc(C)c1CCC.O=CNC1CCC(=O)NC1=O. The van der Waals surface area contributed by atoms with E-state index in [1.165, 1.54) is 22.5 Å². The first-order valence-corrected chi connectivity index (χ1v) is 8.39. The topological polar surface area (TPSA) is 87.3 Å². The van der Waals surface area contributed by atoms with E-state index in [-0.39, 0.29) is 12.3 Å². The molecule has 1 saturated heterocycles. The molecule has 1 atom stereocenters. The van der Waals surface area contributed by atoms with Crippen molar-refractivity contribution in [3.8, 4) is 0 Å². The zero-order chi connectivity index (χ0) is 17.2. The average molecular weight is 337 g/mol. The zero-order valence-corrected chi connectivity index (χ0v) is 14.3. The number of carbonyl (C=O) groups excluding carboxylic acids is 3. The monoisotopic (exact) mass is 337 g/mol. The number of imide groups is 1. The van der Waals surface area contributed by atoms with Crippen LogP contribution in [-0.2, 0) is 20.8 Å². The van der Waals surface area contributed by atoms with E-state index >= 15 is 0 Å². The molecule has 7 heteroatoms. The van der Waals surface area contributed by atoms with Gasteiger partial charge in [-0.3, -0.25) is 19.7 Å². The molecule has 1 fully saturated rings. The Morgan fingerprint density at radius 3 is 2.78 bits per heavy atom. The van der Waals surface area contributed by atoms with Crippen molar-refractivity contribution in [3.63, 3.8) is 0 Å². The summed E-state index contributed by atoms with van der Waals surface area (Å²) in [7, 11) is 0. The number of nitrogens with one attached hydrogen (secondary N) is 3. The molecule has 0 spiro atoms. The molecular weight excluding hydrogens is 314 g/mol. The van der Waals surface area contributed by atoms with Gasteiger partial charge in [-0.25, -0.2) is 0 Å². The first-order valence-electron chi connectivity index (χ1n) is 7.51. The second-order valence-corrected chi connectivity index (χ2v) is 5.99. The number of hydrogen-bond donors (Lipinski definition) is 3. The summed E-state index contributed by atoms with van der Waals surface area (Å²) in [6.07, 6.45) is 5.24. The van der Waals surface area contributed by atoms with E-state index < -0.39 is 11.9 Å². The number of hydrogen-bond acceptors (Lipinski definition) is 5. The van der Waals surface area contributed by atoms with Crippen molar-refractivity contribution in [2.75, 3.05) is 5.32 Å². The molecule has 0 radical (unpaired) electrons. The first kappa shape index (κ1) is 18.9. The zero-order valence-electron chi connectivity index (χ0n) is 13.5. The van der Waals surface area contributed by atoms with Gasteiger partial charge in [0.1, 0.15) is 6.04 Å². The van der Waals surface area contributed by atoms with Gasteiger partial charge in [-0.2, -0.15) is 0 Å². The number of thiophene rings is 1. The van der Waals surface area contributed by atoms with E-state index in [1.807, 2.05) is 0 Å². The lowest BCUT2D eigenvalue weighted by Gasteiger charge is -2.19. The van der Waals surface area contributed by atoms with Crippen molar-refractivity contribution < 1.29 is 14.4 Å². The second kappa shape index (κ2) is 9.78. The molecule has 23 heavy (non-hydrogen) atoms. The van der Waals surface area contributed by atoms with Crippen LogP contribution in [0.5, 0.6) is 0 Å². The predicted molar refractivity (Wildman–Crippen MR) is 92.2 cm³/mol. The lowest BCUT2D eigenvalue weighted by atomic mass is 10.1. The van der Waals surface area contributed by atoms with E-state index in [1.54, 1.807) is 17.5 Å². The Morgan fingerprint density at radius 1 is 1.48 bits per heavy atom. The largest absolute Gasteiger partial charge is 0.354 e. The highest BCUT2D eigenvalue weighted by molar-refractivity contribution is 7.14. The Labute approximate surface area is 140 Å². The van der Waals surface area contributed by atoms with Gasteiger partial charge in [0, 0.05) is 6.42 Å². The normalized spacial score (nSPS) is 16.7. The van der Waals surface area contributed by atoms with Crippen LogP contribution in [0.3, 0.4) is 0 Å². The highest BCUT2D eigenvalue weighted by Gasteiger charge is 2.25. The maximum atomic E-state index is 10.8. The molecule has 0 aliphatic carbocycles. The molecular formula is C16H23N3O3S. The number of carbonyl (C=O) groups is 3. The maximum absolute atomic E-state index is 10.8. The van der Waals surface area contributed by atoms with E-state index in [0.717, 1.165) is 6.42 Å². The number of piperidine rings is 1. The molecule has 3 N–H and O–H groups in total. The average Bonchev–Trinajstić information content (AvgIpc) is 2.85. The first-order chi connectivity index (χ1) is 11.0. The smallest absolute Gasteiger partial charge is 0.249 e. The molecule has 126 valence electrons. The Balaban J connectivity index is 0.000000231. The van der Waals surface area contributed by atoms with Gasteiger partial charge in [-0.15, -0.1) is 11.3 Å². The molecule has 3 amide bonds. The van der Waals surface area contributed by atoms with Crippen LogP contribution in [0, 0.1) is 6.92 Å². The van der Waals surface area contributed by atoms with Gasteiger partial charge in [-0.1, -0.05) is 19.9 Å². The van der Waals surface area contributed by atoms with E-state index in [0.29, 0.717) is 12.8 Å². The molecule has 1 aromatic heterocycles. The van der Waals surface area contributed by atoms with Gasteiger partial charge in [0.05, 0.1) is 5.00 Å². The highest BCUT2D eigenvalue weighted by Crippen LogP contribution is 2.28. The summed E-state index contributed by atoms with van der Waals surface area (Å²) >= 11 is 1.76. The van der Waals surface area contributed by atoms with Crippen LogP contribution in [0.2, 0.25) is 0 Å². The van der Waals surface area contributed by atoms with Crippen molar-refractivity contribution in [2.24, 2.45) is 0 Å². The predicted octanol–water partition coefficient (Wildman–Crippen LogP) is 2.10. The molecule has 1 aromatic rings. The Hall–Kier alpha value is -2.15. The molecule has 2 rings (SSSR count). The lowest BCUT2D eigenvalue weighted by Crippen LogP contribution is -2.50. The number of anilines is 1. The summed E-state index contributed by atoms with van der Waals surface area (Å²) in [5.41, 5.74) is 2.84. The molecule has 0 aromatic carbocycles. The Kier molecular flexibility index (Phi) is 8.04. The quantitative estimate of drug-likeness (QED) is 0.548. The molecule has 0 saturated carbocycles. The summed E-state index contributed by atoms with van der Waals surface area (Å²) in [4.78, 5) is 31.3. The van der Waals surface area contributed by atoms with Crippen LogP contribution in [0.1, 0.15) is 37.3 Å². The molecule has 1 aliphatic rings. The minimum absolute atomic E-state index is 0.279. The van der Waals surface area contributed by atoms with Crippen LogP contribution >= 0.6 is 11.3 Å². The van der Waals surface area contributed by atoms with Crippen molar-refractivity contribution in [1.82, 2.24) is 10.6 Å². The van der Waals surface area contributed by atoms with Crippen LogP contribution in [0.25, 0.3) is 0 Å². The Morgan fingerprint density at radius 2 is 2.22 bits per heavy atom. The van der Waals surface area contributed by atoms with Crippen LogP contribution < -0.4 is 16.0 Å². The van der Waals surface area contributed by atoms with Gasteiger partial charge in [0.2, 0.25) is 18.2 Å². The van der Waals surface area contributed by atoms with Gasteiger partial charge >= 0.3 is 0 Å². The van der Waals surface area contributed by atoms with E-state index in [2.05, 4.69) is 41.8 Å². The second-order valence-electron chi connectivity index (χ2n) is 5.11. The minimum Gasteiger partial charge on any atom is -0.354 e. The van der Waals surface area contributed by atoms with Crippen molar-refractivity contribution in [3.05, 3.63) is 29.3 Å². The van der Waals surface area contributed by atoms with Gasteiger partial charge < -0.3 is 10.6 Å². The van der Waals surface area contributed by atoms with Gasteiger partial charge in [-0.05, 0) is 42.5 Å². The summed E-state index contributed by atoms with van der Waals surface area (Å²) < 4.78 is 0. The van der Waals surface area contributed by atoms with Crippen LogP contribution in [-0.4, -0.2) is 24.3 Å². The number of rotatable bonds is 6. The number of amides is 3. The van der Waals surface area contributed by atoms with Crippen molar-refractivity contribution in [2.45, 2.75) is 45.6 Å². The maximum Gasteiger partial charge on any atom is 0.249 e. The standard InChI is InChI=1S/C10H15NS.C6H8N2O3/c1-4-6-9-8(3)7-12-10(9)11-5-2;9-3-7-4-1-2-5(10)8-6(4)11/h5,7,11H,2,4,6H2,1,3H3;3-4H,1-2H2,(H,7,9)(H,8,10,11). The van der Waals surface area contributed by atoms with Crippen LogP contribution in [0.15, 0.2) is 18.2 Å². The summed E-state index contributed by atoms with van der Waals surface area (Å²) in [5, 5.41) is 11.0. The third-order valence-electron chi connectivity index (χ3n) is 3.35. The molecule has 0 bridgehead atoms. The highest BCUT2D eigenvalue weighted by atomic mass is 32.1. The summed E-state index contributed by atoms with van der Waals surface area (Å²) in [5.74, 6) is -0.702. The Bertz CT molecular complexity index is 569. The van der Waals surface area contributed by atoms with E-state index in [4.69, 9.17) is 0 Å². The van der Waals surface area contributed by atoms with Crippen LogP contribution in [0.4, 0.5) is 5.00 Å². The molecule has 1 aliphatic heterocycles. The third kappa shape index (κ3) is 5.86. The van der Waals surface area contributed by atoms with Crippen molar-refractivity contribution >= 4 is 34.6 Å². The summed E-state index contributed by atoms with van der Waals surface area (Å²) in [6, 6.07) is -0.537. The van der Waals surface area contributed by atoms with Gasteiger partial charge in [0.25, 0.3) is 0 Å². The minimum atomic E-state index is -0.537. The molecule has 1 unspecified atom stereocenters. The van der Waals surface area contributed by atoms with E-state index in [9.17, 15) is 14.4 Å². The fraction of sp³-hybridized carbons (Fsp3) is 0.438. The fourth-order valence-corrected chi connectivity index (χ4v) is 3.17. The fourth-order valence-electron chi connectivity index (χ4n) is 2.18.